The van der Waals surface area contributed by atoms with Crippen molar-refractivity contribution in [1.82, 2.24) is 9.80 Å². The van der Waals surface area contributed by atoms with Crippen molar-refractivity contribution in [3.05, 3.63) is 10.6 Å². The molecular formula is C14H20N2O5S. The molecular weight excluding hydrogens is 308 g/mol. The van der Waals surface area contributed by atoms with Gasteiger partial charge in [0.15, 0.2) is 0 Å². The second-order valence-corrected chi connectivity index (χ2v) is 6.86. The van der Waals surface area contributed by atoms with Crippen LogP contribution in [0.2, 0.25) is 0 Å². The normalized spacial score (nSPS) is 25.1. The molecule has 7 nitrogen and oxygen atoms in total. The van der Waals surface area contributed by atoms with Crippen LogP contribution >= 0.6 is 11.8 Å². The third-order valence-corrected chi connectivity index (χ3v) is 4.95. The maximum Gasteiger partial charge on any atom is 0.363 e. The zero-order valence-electron chi connectivity index (χ0n) is 12.8. The number of aliphatic hydroxyl groups excluding tert-OH is 1. The number of carbonyl (C=O) groups excluding carboxylic acids is 3. The van der Waals surface area contributed by atoms with Crippen LogP contribution in [0.5, 0.6) is 0 Å². The molecule has 0 spiro atoms. The third-order valence-electron chi connectivity index (χ3n) is 3.85. The number of fused-ring (bicyclic) bond motifs is 1. The lowest BCUT2D eigenvalue weighted by atomic mass is 9.83. The summed E-state index contributed by atoms with van der Waals surface area (Å²) in [5, 5.41) is 9.70. The van der Waals surface area contributed by atoms with E-state index in [0.717, 1.165) is 17.2 Å². The molecule has 2 heterocycles. The van der Waals surface area contributed by atoms with Crippen molar-refractivity contribution in [2.75, 3.05) is 26.4 Å². The van der Waals surface area contributed by atoms with Crippen molar-refractivity contribution in [3.8, 4) is 0 Å². The zero-order chi connectivity index (χ0) is 16.4. The van der Waals surface area contributed by atoms with Gasteiger partial charge in [0.2, 0.25) is 5.91 Å². The van der Waals surface area contributed by atoms with Crippen LogP contribution in [0.3, 0.4) is 0 Å². The molecule has 1 N–H and O–H groups in total. The monoisotopic (exact) mass is 328 g/mol. The number of aliphatic hydroxyl groups is 1. The van der Waals surface area contributed by atoms with Gasteiger partial charge in [-0.05, 0) is 21.0 Å². The summed E-state index contributed by atoms with van der Waals surface area (Å²) in [6, 6.07) is -0.219. The molecule has 0 aromatic heterocycles. The Morgan fingerprint density at radius 3 is 2.82 bits per heavy atom. The van der Waals surface area contributed by atoms with Gasteiger partial charge in [-0.25, -0.2) is 4.79 Å². The lowest BCUT2D eigenvalue weighted by Crippen LogP contribution is -2.61. The van der Waals surface area contributed by atoms with Gasteiger partial charge in [-0.2, -0.15) is 0 Å². The largest absolute Gasteiger partial charge is 0.393 e. The molecule has 2 aliphatic heterocycles. The third kappa shape index (κ3) is 3.04. The van der Waals surface area contributed by atoms with Crippen LogP contribution in [0.25, 0.3) is 0 Å². The van der Waals surface area contributed by atoms with E-state index in [1.807, 2.05) is 19.0 Å². The van der Waals surface area contributed by atoms with E-state index in [-0.39, 0.29) is 24.1 Å². The van der Waals surface area contributed by atoms with Crippen molar-refractivity contribution in [2.24, 2.45) is 5.92 Å². The van der Waals surface area contributed by atoms with Crippen molar-refractivity contribution >= 4 is 30.1 Å². The van der Waals surface area contributed by atoms with Gasteiger partial charge in [0.1, 0.15) is 5.70 Å². The van der Waals surface area contributed by atoms with Crippen LogP contribution in [-0.4, -0.2) is 71.8 Å². The van der Waals surface area contributed by atoms with Crippen LogP contribution in [-0.2, 0) is 19.1 Å². The van der Waals surface area contributed by atoms with Crippen LogP contribution in [0.1, 0.15) is 13.3 Å². The Labute approximate surface area is 133 Å². The van der Waals surface area contributed by atoms with Crippen molar-refractivity contribution in [3.63, 3.8) is 0 Å². The predicted molar refractivity (Wildman–Crippen MR) is 80.6 cm³/mol. The molecule has 1 fully saturated rings. The molecule has 122 valence electrons. The molecule has 0 aliphatic carbocycles. The summed E-state index contributed by atoms with van der Waals surface area (Å²) in [6.07, 6.45) is -0.244. The summed E-state index contributed by atoms with van der Waals surface area (Å²) in [7, 11) is 3.90. The smallest absolute Gasteiger partial charge is 0.363 e. The van der Waals surface area contributed by atoms with Gasteiger partial charge in [0.25, 0.3) is 0 Å². The minimum atomic E-state index is -0.803. The first-order chi connectivity index (χ1) is 10.4. The van der Waals surface area contributed by atoms with Crippen LogP contribution in [0, 0.1) is 5.92 Å². The van der Waals surface area contributed by atoms with E-state index in [4.69, 9.17) is 0 Å². The van der Waals surface area contributed by atoms with Crippen LogP contribution < -0.4 is 0 Å². The Morgan fingerprint density at radius 2 is 2.27 bits per heavy atom. The Hall–Kier alpha value is -1.38. The number of thioether (sulfide) groups is 1. The van der Waals surface area contributed by atoms with E-state index in [2.05, 4.69) is 4.74 Å². The lowest BCUT2D eigenvalue weighted by Gasteiger charge is -2.44. The first-order valence-electron chi connectivity index (χ1n) is 7.05. The molecule has 1 saturated heterocycles. The summed E-state index contributed by atoms with van der Waals surface area (Å²) in [5.74, 6) is -0.830. The molecule has 0 saturated carbocycles. The lowest BCUT2D eigenvalue weighted by molar-refractivity contribution is -0.163. The standard InChI is InChI=1S/C14H20N2O5S/c1-8(18)11-9-6-10(22-5-4-15(2)3)12(14(20)21-7-17)16(9)13(11)19/h7-9,11,18H,4-6H2,1-3H3/t8-,9-,11-/m1/s1. The second-order valence-electron chi connectivity index (χ2n) is 5.67. The molecule has 0 bridgehead atoms. The molecule has 8 heteroatoms. The summed E-state index contributed by atoms with van der Waals surface area (Å²) in [4.78, 5) is 38.7. The summed E-state index contributed by atoms with van der Waals surface area (Å²) >= 11 is 1.48. The van der Waals surface area contributed by atoms with Gasteiger partial charge in [0.05, 0.1) is 18.1 Å². The molecule has 1 amide bonds. The minimum Gasteiger partial charge on any atom is -0.393 e. The Balaban J connectivity index is 2.17. The SMILES string of the molecule is C[C@@H](O)[C@H]1C(=O)N2C(C(=O)OC=O)=C(SCCN(C)C)C[C@H]12. The van der Waals surface area contributed by atoms with Crippen molar-refractivity contribution in [1.29, 1.82) is 0 Å². The maximum absolute atomic E-state index is 12.1. The predicted octanol–water partition coefficient (Wildman–Crippen LogP) is -0.196. The van der Waals surface area contributed by atoms with E-state index >= 15 is 0 Å². The quantitative estimate of drug-likeness (QED) is 0.300. The fraction of sp³-hybridized carbons (Fsp3) is 0.643. The number of β-lactam (4-membered cyclic amide) rings is 1. The highest BCUT2D eigenvalue weighted by Crippen LogP contribution is 2.47. The maximum atomic E-state index is 12.1. The van der Waals surface area contributed by atoms with E-state index in [1.54, 1.807) is 6.92 Å². The second kappa shape index (κ2) is 6.80. The van der Waals surface area contributed by atoms with E-state index in [1.165, 1.54) is 16.7 Å². The Morgan fingerprint density at radius 1 is 1.59 bits per heavy atom. The van der Waals surface area contributed by atoms with Crippen LogP contribution in [0.4, 0.5) is 0 Å². The number of hydrogen-bond acceptors (Lipinski definition) is 7. The van der Waals surface area contributed by atoms with Gasteiger partial charge in [-0.15, -0.1) is 11.8 Å². The molecule has 0 unspecified atom stereocenters. The molecule has 2 rings (SSSR count). The first-order valence-corrected chi connectivity index (χ1v) is 8.03. The Kier molecular flexibility index (Phi) is 5.25. The number of carbonyl (C=O) groups is 3. The van der Waals surface area contributed by atoms with Crippen molar-refractivity contribution < 1.29 is 24.2 Å². The van der Waals surface area contributed by atoms with E-state index < -0.39 is 18.0 Å². The summed E-state index contributed by atoms with van der Waals surface area (Å²) < 4.78 is 4.42. The highest BCUT2D eigenvalue weighted by Gasteiger charge is 2.56. The fourth-order valence-electron chi connectivity index (χ4n) is 2.80. The van der Waals surface area contributed by atoms with Gasteiger partial charge in [0, 0.05) is 23.6 Å². The topological polar surface area (TPSA) is 87.1 Å². The van der Waals surface area contributed by atoms with Crippen LogP contribution in [0.15, 0.2) is 10.6 Å². The van der Waals surface area contributed by atoms with Gasteiger partial charge < -0.3 is 19.6 Å². The van der Waals surface area contributed by atoms with Gasteiger partial charge >= 0.3 is 12.4 Å². The number of amides is 1. The molecule has 0 aromatic rings. The van der Waals surface area contributed by atoms with E-state index in [9.17, 15) is 19.5 Å². The minimum absolute atomic E-state index is 0.0706. The Bertz CT molecular complexity index is 517. The number of ether oxygens (including phenoxy) is 1. The number of esters is 1. The van der Waals surface area contributed by atoms with Crippen molar-refractivity contribution in [2.45, 2.75) is 25.5 Å². The first kappa shape index (κ1) is 17.0. The highest BCUT2D eigenvalue weighted by molar-refractivity contribution is 8.03. The molecule has 3 atom stereocenters. The number of nitrogens with zero attached hydrogens (tertiary/aromatic N) is 2. The van der Waals surface area contributed by atoms with Gasteiger partial charge in [-0.1, -0.05) is 0 Å². The molecule has 22 heavy (non-hydrogen) atoms. The van der Waals surface area contributed by atoms with E-state index in [0.29, 0.717) is 6.42 Å². The number of rotatable bonds is 7. The highest BCUT2D eigenvalue weighted by atomic mass is 32.2. The number of hydrogen-bond donors (Lipinski definition) is 1. The average molecular weight is 328 g/mol. The molecule has 0 radical (unpaired) electrons. The fourth-order valence-corrected chi connectivity index (χ4v) is 4.11. The molecule has 2 aliphatic rings. The zero-order valence-corrected chi connectivity index (χ0v) is 13.6. The molecule has 0 aromatic carbocycles. The van der Waals surface area contributed by atoms with Gasteiger partial charge in [-0.3, -0.25) is 9.59 Å². The summed E-state index contributed by atoms with van der Waals surface area (Å²) in [5.41, 5.74) is 0.155. The summed E-state index contributed by atoms with van der Waals surface area (Å²) in [6.45, 7) is 2.46. The average Bonchev–Trinajstić information content (AvgIpc) is 2.72.